The van der Waals surface area contributed by atoms with Crippen molar-refractivity contribution >= 4 is 22.9 Å². The lowest BCUT2D eigenvalue weighted by molar-refractivity contribution is -0.124. The van der Waals surface area contributed by atoms with Crippen LogP contribution in [0.5, 0.6) is 0 Å². The minimum absolute atomic E-state index is 0.0224. The summed E-state index contributed by atoms with van der Waals surface area (Å²) in [6, 6.07) is 2.16. The normalized spacial score (nSPS) is 29.3. The highest BCUT2D eigenvalue weighted by atomic mass is 32.1. The Labute approximate surface area is 214 Å². The Morgan fingerprint density at radius 1 is 1.29 bits per heavy atom. The van der Waals surface area contributed by atoms with Crippen molar-refractivity contribution < 1.29 is 19.4 Å². The van der Waals surface area contributed by atoms with Gasteiger partial charge in [0.15, 0.2) is 0 Å². The van der Waals surface area contributed by atoms with Crippen molar-refractivity contribution in [1.82, 2.24) is 0 Å². The molecular formula is C29H41NO4S. The summed E-state index contributed by atoms with van der Waals surface area (Å²) in [7, 11) is 0. The highest BCUT2D eigenvalue weighted by Gasteiger charge is 2.39. The summed E-state index contributed by atoms with van der Waals surface area (Å²) < 4.78 is 11.4. The average molecular weight is 500 g/mol. The molecule has 0 aromatic carbocycles. The van der Waals surface area contributed by atoms with Gasteiger partial charge in [-0.15, -0.1) is 11.3 Å². The van der Waals surface area contributed by atoms with E-state index >= 15 is 0 Å². The molecule has 192 valence electrons. The third kappa shape index (κ3) is 7.20. The van der Waals surface area contributed by atoms with Crippen LogP contribution in [0.15, 0.2) is 23.1 Å². The number of rotatable bonds is 6. The molecule has 1 aromatic rings. The first-order valence-corrected chi connectivity index (χ1v) is 14.0. The maximum Gasteiger partial charge on any atom is 0.230 e. The summed E-state index contributed by atoms with van der Waals surface area (Å²) in [5.74, 6) is 6.85. The van der Waals surface area contributed by atoms with Crippen molar-refractivity contribution in [3.8, 4) is 11.8 Å². The van der Waals surface area contributed by atoms with Gasteiger partial charge >= 0.3 is 0 Å². The van der Waals surface area contributed by atoms with Crippen LogP contribution in [0.25, 0.3) is 0 Å². The molecule has 0 spiro atoms. The van der Waals surface area contributed by atoms with Crippen LogP contribution in [0, 0.1) is 23.2 Å². The number of amides is 1. The zero-order chi connectivity index (χ0) is 25.1. The maximum atomic E-state index is 13.9. The minimum Gasteiger partial charge on any atom is -0.387 e. The van der Waals surface area contributed by atoms with Crippen LogP contribution in [0.4, 0.5) is 5.69 Å². The summed E-state index contributed by atoms with van der Waals surface area (Å²) in [5.41, 5.74) is 1.45. The molecule has 6 heteroatoms. The number of thiophene rings is 1. The fourth-order valence-electron chi connectivity index (χ4n) is 5.13. The van der Waals surface area contributed by atoms with Crippen LogP contribution < -0.4 is 4.90 Å². The molecule has 0 radical (unpaired) electrons. The van der Waals surface area contributed by atoms with Crippen LogP contribution >= 0.6 is 11.3 Å². The Balaban J connectivity index is 1.48. The molecule has 1 aromatic heterocycles. The summed E-state index contributed by atoms with van der Waals surface area (Å²) in [6.45, 7) is 10.2. The average Bonchev–Trinajstić information content (AvgIpc) is 3.50. The number of hydrogen-bond acceptors (Lipinski definition) is 5. The fourth-order valence-corrected chi connectivity index (χ4v) is 5.86. The van der Waals surface area contributed by atoms with Crippen molar-refractivity contribution in [3.63, 3.8) is 0 Å². The molecule has 5 nitrogen and oxygen atoms in total. The van der Waals surface area contributed by atoms with Crippen molar-refractivity contribution in [2.75, 3.05) is 24.7 Å². The number of ether oxygens (including phenoxy) is 2. The number of hydrogen-bond donors (Lipinski definition) is 1. The zero-order valence-corrected chi connectivity index (χ0v) is 22.6. The molecule has 35 heavy (non-hydrogen) atoms. The lowest BCUT2D eigenvalue weighted by Crippen LogP contribution is -2.50. The molecule has 1 aliphatic heterocycles. The minimum atomic E-state index is -0.823. The lowest BCUT2D eigenvalue weighted by Gasteiger charge is -2.42. The molecule has 1 amide bonds. The molecule has 4 rings (SSSR count). The van der Waals surface area contributed by atoms with Crippen LogP contribution in [0.2, 0.25) is 0 Å². The van der Waals surface area contributed by atoms with Crippen molar-refractivity contribution in [3.05, 3.63) is 28.0 Å². The summed E-state index contributed by atoms with van der Waals surface area (Å²) in [6.07, 6.45) is 8.75. The van der Waals surface area contributed by atoms with Crippen molar-refractivity contribution in [2.45, 2.75) is 96.8 Å². The zero-order valence-electron chi connectivity index (χ0n) is 21.8. The van der Waals surface area contributed by atoms with E-state index in [1.54, 1.807) is 11.3 Å². The van der Waals surface area contributed by atoms with Gasteiger partial charge in [0.2, 0.25) is 5.91 Å². The molecule has 2 aliphatic carbocycles. The third-order valence-corrected chi connectivity index (χ3v) is 8.21. The Bertz CT molecular complexity index is 965. The van der Waals surface area contributed by atoms with E-state index in [0.717, 1.165) is 55.7 Å². The molecule has 0 bridgehead atoms. The smallest absolute Gasteiger partial charge is 0.230 e. The molecule has 2 fully saturated rings. The van der Waals surface area contributed by atoms with Gasteiger partial charge in [0, 0.05) is 29.4 Å². The third-order valence-electron chi connectivity index (χ3n) is 7.38. The van der Waals surface area contributed by atoms with Gasteiger partial charge in [0.05, 0.1) is 35.5 Å². The second kappa shape index (κ2) is 11.2. The van der Waals surface area contributed by atoms with E-state index in [1.807, 2.05) is 4.90 Å². The van der Waals surface area contributed by atoms with Crippen LogP contribution in [-0.2, 0) is 14.3 Å². The fraction of sp³-hybridized carbons (Fsp3) is 0.690. The van der Waals surface area contributed by atoms with Gasteiger partial charge in [-0.3, -0.25) is 4.79 Å². The first kappa shape index (κ1) is 26.4. The van der Waals surface area contributed by atoms with Gasteiger partial charge in [-0.2, -0.15) is 0 Å². The van der Waals surface area contributed by atoms with Crippen LogP contribution in [0.3, 0.4) is 0 Å². The summed E-state index contributed by atoms with van der Waals surface area (Å²) >= 11 is 1.61. The quantitative estimate of drug-likeness (QED) is 0.403. The summed E-state index contributed by atoms with van der Waals surface area (Å²) in [4.78, 5) is 16.9. The standard InChI is InChI=1S/C29H41NO4S/c1-21-5-7-22(8-6-21)27(31)30(24-17-26(35-19-24)11-13-28(2,3)4)23-9-14-29(32,15-10-23)20-34-25-12-16-33-18-25/h5,17,19,22-23,25,32H,6-10,12,14-16,18,20H2,1-4H3/t22?,23?,25-,29?/m0/s1. The molecule has 2 atom stereocenters. The molecule has 1 saturated carbocycles. The second-order valence-electron chi connectivity index (χ2n) is 11.7. The molecule has 1 saturated heterocycles. The van der Waals surface area contributed by atoms with Gasteiger partial charge in [0.25, 0.3) is 0 Å². The summed E-state index contributed by atoms with van der Waals surface area (Å²) in [5, 5.41) is 13.3. The van der Waals surface area contributed by atoms with Gasteiger partial charge in [-0.25, -0.2) is 0 Å². The number of carbonyl (C=O) groups is 1. The number of nitrogens with zero attached hydrogens (tertiary/aromatic N) is 1. The lowest BCUT2D eigenvalue weighted by atomic mass is 9.81. The van der Waals surface area contributed by atoms with Gasteiger partial charge in [-0.1, -0.05) is 23.5 Å². The highest BCUT2D eigenvalue weighted by molar-refractivity contribution is 7.11. The SMILES string of the molecule is CC1=CCC(C(=O)N(c2csc(C#CC(C)(C)C)c2)C2CCC(O)(CO[C@H]3CCOC3)CC2)CC1. The Morgan fingerprint density at radius 2 is 2.06 bits per heavy atom. The number of carbonyl (C=O) groups excluding carboxylic acids is 1. The molecule has 2 heterocycles. The van der Waals surface area contributed by atoms with E-state index in [4.69, 9.17) is 9.47 Å². The Kier molecular flexibility index (Phi) is 8.43. The predicted molar refractivity (Wildman–Crippen MR) is 142 cm³/mol. The molecule has 3 aliphatic rings. The number of aliphatic hydroxyl groups is 1. The van der Waals surface area contributed by atoms with E-state index in [-0.39, 0.29) is 29.4 Å². The Hall–Kier alpha value is -1.65. The second-order valence-corrected chi connectivity index (χ2v) is 12.6. The predicted octanol–water partition coefficient (Wildman–Crippen LogP) is 5.70. The van der Waals surface area contributed by atoms with E-state index < -0.39 is 5.60 Å². The van der Waals surface area contributed by atoms with Crippen LogP contribution in [-0.4, -0.2) is 48.6 Å². The molecule has 1 N–H and O–H groups in total. The van der Waals surface area contributed by atoms with Crippen LogP contribution in [0.1, 0.15) is 83.9 Å². The Morgan fingerprint density at radius 3 is 2.69 bits per heavy atom. The molecule has 1 unspecified atom stereocenters. The van der Waals surface area contributed by atoms with Crippen molar-refractivity contribution in [2.24, 2.45) is 11.3 Å². The highest BCUT2D eigenvalue weighted by Crippen LogP contribution is 2.37. The van der Waals surface area contributed by atoms with E-state index in [2.05, 4.69) is 57.1 Å². The first-order chi connectivity index (χ1) is 16.6. The van der Waals surface area contributed by atoms with Gasteiger partial charge in [0.1, 0.15) is 0 Å². The van der Waals surface area contributed by atoms with E-state index in [9.17, 15) is 9.90 Å². The van der Waals surface area contributed by atoms with Crippen molar-refractivity contribution in [1.29, 1.82) is 0 Å². The number of anilines is 1. The maximum absolute atomic E-state index is 13.9. The topological polar surface area (TPSA) is 59.0 Å². The van der Waals surface area contributed by atoms with Gasteiger partial charge < -0.3 is 19.5 Å². The number of allylic oxidation sites excluding steroid dienone is 2. The van der Waals surface area contributed by atoms with E-state index in [1.165, 1.54) is 5.57 Å². The molecular weight excluding hydrogens is 458 g/mol. The monoisotopic (exact) mass is 499 g/mol. The first-order valence-electron chi connectivity index (χ1n) is 13.1. The van der Waals surface area contributed by atoms with E-state index in [0.29, 0.717) is 26.1 Å². The van der Waals surface area contributed by atoms with Gasteiger partial charge in [-0.05, 0) is 85.1 Å². The largest absolute Gasteiger partial charge is 0.387 e.